The van der Waals surface area contributed by atoms with Crippen LogP contribution in [0.1, 0.15) is 55.4 Å². The summed E-state index contributed by atoms with van der Waals surface area (Å²) in [5.41, 5.74) is 3.69. The topological polar surface area (TPSA) is 97.4 Å². The summed E-state index contributed by atoms with van der Waals surface area (Å²) in [6, 6.07) is 15.5. The average Bonchev–Trinajstić information content (AvgIpc) is 3.61. The first kappa shape index (κ1) is 21.1. The lowest BCUT2D eigenvalue weighted by Crippen LogP contribution is -2.28. The fourth-order valence-corrected chi connectivity index (χ4v) is 4.71. The van der Waals surface area contributed by atoms with Crippen LogP contribution in [0.5, 0.6) is 0 Å². The predicted molar refractivity (Wildman–Crippen MR) is 128 cm³/mol. The second kappa shape index (κ2) is 8.39. The fourth-order valence-electron chi connectivity index (χ4n) is 4.71. The highest BCUT2D eigenvalue weighted by atomic mass is 16.3. The maximum Gasteiger partial charge on any atom is 0.261 e. The molecule has 0 saturated heterocycles. The van der Waals surface area contributed by atoms with Crippen LogP contribution in [0, 0.1) is 0 Å². The van der Waals surface area contributed by atoms with Gasteiger partial charge in [-0.25, -0.2) is 4.98 Å². The van der Waals surface area contributed by atoms with Gasteiger partial charge in [-0.1, -0.05) is 0 Å². The molecule has 2 aromatic heterocycles. The molecule has 3 amide bonds. The molecule has 2 aliphatic heterocycles. The number of nitrogens with one attached hydrogen (secondary N) is 1. The van der Waals surface area contributed by atoms with Gasteiger partial charge in [-0.2, -0.15) is 0 Å². The number of benzene rings is 2. The minimum atomic E-state index is -0.441. The van der Waals surface area contributed by atoms with E-state index in [1.165, 1.54) is 30.5 Å². The molecular weight excluding hydrogens is 444 g/mol. The number of anilines is 1. The van der Waals surface area contributed by atoms with Crippen LogP contribution < -0.4 is 5.32 Å². The summed E-state index contributed by atoms with van der Waals surface area (Å²) < 4.78 is 7.52. The van der Waals surface area contributed by atoms with E-state index >= 15 is 0 Å². The van der Waals surface area contributed by atoms with E-state index in [1.54, 1.807) is 18.2 Å². The van der Waals surface area contributed by atoms with E-state index in [-0.39, 0.29) is 23.6 Å². The van der Waals surface area contributed by atoms with Crippen LogP contribution in [0.25, 0.3) is 11.4 Å². The molecule has 4 heterocycles. The summed E-state index contributed by atoms with van der Waals surface area (Å²) in [4.78, 5) is 44.1. The zero-order valence-corrected chi connectivity index (χ0v) is 18.9. The molecule has 0 fully saturated rings. The molecule has 0 atom stereocenters. The molecule has 2 aliphatic rings. The molecule has 1 N–H and O–H groups in total. The van der Waals surface area contributed by atoms with E-state index in [0.29, 0.717) is 17.0 Å². The smallest absolute Gasteiger partial charge is 0.261 e. The van der Waals surface area contributed by atoms with E-state index in [2.05, 4.69) is 14.9 Å². The Labute approximate surface area is 201 Å². The maximum absolute atomic E-state index is 12.9. The Morgan fingerprint density at radius 2 is 1.83 bits per heavy atom. The first-order valence-corrected chi connectivity index (χ1v) is 11.6. The van der Waals surface area contributed by atoms with Gasteiger partial charge in [0, 0.05) is 35.2 Å². The average molecular weight is 466 g/mol. The van der Waals surface area contributed by atoms with Gasteiger partial charge in [0.05, 0.1) is 23.9 Å². The van der Waals surface area contributed by atoms with E-state index < -0.39 is 11.8 Å². The van der Waals surface area contributed by atoms with Crippen molar-refractivity contribution in [3.05, 3.63) is 95.2 Å². The minimum absolute atomic E-state index is 0.0486. The van der Waals surface area contributed by atoms with Gasteiger partial charge < -0.3 is 14.3 Å². The van der Waals surface area contributed by atoms with Crippen LogP contribution in [0.3, 0.4) is 0 Å². The Bertz CT molecular complexity index is 1450. The van der Waals surface area contributed by atoms with Gasteiger partial charge in [0.1, 0.15) is 11.6 Å². The van der Waals surface area contributed by atoms with Crippen LogP contribution in [0.2, 0.25) is 0 Å². The number of aryl methyl sites for hydroxylation is 1. The lowest BCUT2D eigenvalue weighted by atomic mass is 10.1. The first-order valence-electron chi connectivity index (χ1n) is 11.6. The Balaban J connectivity index is 1.18. The monoisotopic (exact) mass is 466 g/mol. The van der Waals surface area contributed by atoms with E-state index in [1.807, 2.05) is 30.5 Å². The second-order valence-corrected chi connectivity index (χ2v) is 8.75. The highest BCUT2D eigenvalue weighted by Gasteiger charge is 2.36. The van der Waals surface area contributed by atoms with Gasteiger partial charge in [-0.05, 0) is 73.9 Å². The number of fused-ring (bicyclic) bond motifs is 2. The number of amides is 3. The predicted octanol–water partition coefficient (Wildman–Crippen LogP) is 4.53. The maximum atomic E-state index is 12.9. The fraction of sp³-hybridized carbons (Fsp3) is 0.185. The van der Waals surface area contributed by atoms with Crippen molar-refractivity contribution in [3.8, 4) is 11.4 Å². The number of imide groups is 1. The van der Waals surface area contributed by atoms with Gasteiger partial charge in [0.25, 0.3) is 17.7 Å². The number of rotatable bonds is 5. The zero-order valence-electron chi connectivity index (χ0n) is 18.9. The highest BCUT2D eigenvalue weighted by molar-refractivity contribution is 6.22. The Morgan fingerprint density at radius 1 is 1.00 bits per heavy atom. The Hall–Kier alpha value is -4.46. The summed E-state index contributed by atoms with van der Waals surface area (Å²) in [6.07, 6.45) is 6.84. The molecule has 8 heteroatoms. The molecule has 4 aromatic rings. The van der Waals surface area contributed by atoms with Gasteiger partial charge in [0.2, 0.25) is 0 Å². The summed E-state index contributed by atoms with van der Waals surface area (Å²) in [6.45, 7) is 1.02. The summed E-state index contributed by atoms with van der Waals surface area (Å²) in [5, 5.41) is 2.87. The van der Waals surface area contributed by atoms with Crippen molar-refractivity contribution in [3.63, 3.8) is 0 Å². The highest BCUT2D eigenvalue weighted by Crippen LogP contribution is 2.28. The number of aromatic nitrogens is 2. The van der Waals surface area contributed by atoms with Crippen molar-refractivity contribution in [2.75, 3.05) is 5.32 Å². The summed E-state index contributed by atoms with van der Waals surface area (Å²) in [7, 11) is 0. The lowest BCUT2D eigenvalue weighted by Gasteiger charge is -2.16. The molecule has 6 rings (SSSR count). The van der Waals surface area contributed by atoms with Crippen molar-refractivity contribution >= 4 is 23.4 Å². The molecule has 0 unspecified atom stereocenters. The minimum Gasteiger partial charge on any atom is -0.467 e. The second-order valence-electron chi connectivity index (χ2n) is 8.75. The number of carbonyl (C=O) groups is 3. The van der Waals surface area contributed by atoms with Crippen molar-refractivity contribution < 1.29 is 18.8 Å². The largest absolute Gasteiger partial charge is 0.467 e. The van der Waals surface area contributed by atoms with Crippen LogP contribution in [-0.2, 0) is 19.5 Å². The summed E-state index contributed by atoms with van der Waals surface area (Å²) in [5.74, 6) is 0.257. The van der Waals surface area contributed by atoms with Gasteiger partial charge in [0.15, 0.2) is 0 Å². The van der Waals surface area contributed by atoms with E-state index in [0.717, 1.165) is 35.7 Å². The Morgan fingerprint density at radius 3 is 2.63 bits per heavy atom. The molecule has 35 heavy (non-hydrogen) atoms. The molecule has 8 nitrogen and oxygen atoms in total. The van der Waals surface area contributed by atoms with Crippen molar-refractivity contribution in [2.45, 2.75) is 32.4 Å². The molecule has 0 saturated carbocycles. The molecule has 0 aliphatic carbocycles. The molecule has 2 aromatic carbocycles. The lowest BCUT2D eigenvalue weighted by molar-refractivity contribution is 0.0631. The number of furan rings is 1. The SMILES string of the molecule is O=C(Nc1ccc(-c2ncc3n2CCCC3)cc1)c1ccc2c(c1)C(=O)N(Cc1ccco1)C2=O. The normalized spacial score (nSPS) is 14.7. The molecule has 0 spiro atoms. The van der Waals surface area contributed by atoms with Crippen molar-refractivity contribution in [1.29, 1.82) is 0 Å². The number of hydrogen-bond donors (Lipinski definition) is 1. The van der Waals surface area contributed by atoms with Gasteiger partial charge >= 0.3 is 0 Å². The van der Waals surface area contributed by atoms with Crippen LogP contribution in [0.15, 0.2) is 71.5 Å². The zero-order chi connectivity index (χ0) is 23.9. The van der Waals surface area contributed by atoms with Gasteiger partial charge in [-0.3, -0.25) is 19.3 Å². The number of imidazole rings is 1. The number of nitrogens with zero attached hydrogens (tertiary/aromatic N) is 3. The summed E-state index contributed by atoms with van der Waals surface area (Å²) >= 11 is 0. The van der Waals surface area contributed by atoms with Crippen LogP contribution in [0.4, 0.5) is 5.69 Å². The van der Waals surface area contributed by atoms with Gasteiger partial charge in [-0.15, -0.1) is 0 Å². The standard InChI is InChI=1S/C27H22N4O4/c32-25(29-19-9-6-17(7-10-19)24-28-15-20-4-1-2-12-30(20)24)18-8-11-22-23(14-18)27(34)31(26(22)33)16-21-5-3-13-35-21/h3,5-11,13-15H,1-2,4,12,16H2,(H,29,32). The quantitative estimate of drug-likeness (QED) is 0.436. The Kier molecular flexibility index (Phi) is 5.06. The molecule has 174 valence electrons. The van der Waals surface area contributed by atoms with E-state index in [9.17, 15) is 14.4 Å². The van der Waals surface area contributed by atoms with Crippen LogP contribution >= 0.6 is 0 Å². The number of hydrogen-bond acceptors (Lipinski definition) is 5. The molecular formula is C27H22N4O4. The number of carbonyl (C=O) groups excluding carboxylic acids is 3. The van der Waals surface area contributed by atoms with E-state index in [4.69, 9.17) is 4.42 Å². The van der Waals surface area contributed by atoms with Crippen molar-refractivity contribution in [1.82, 2.24) is 14.5 Å². The third-order valence-electron chi connectivity index (χ3n) is 6.53. The molecule has 0 bridgehead atoms. The van der Waals surface area contributed by atoms with Crippen LogP contribution in [-0.4, -0.2) is 32.2 Å². The first-order chi connectivity index (χ1) is 17.1. The third kappa shape index (κ3) is 3.73. The third-order valence-corrected chi connectivity index (χ3v) is 6.53. The molecule has 0 radical (unpaired) electrons. The van der Waals surface area contributed by atoms with Crippen molar-refractivity contribution in [2.24, 2.45) is 0 Å².